The van der Waals surface area contributed by atoms with E-state index in [1.807, 2.05) is 37.5 Å². The van der Waals surface area contributed by atoms with Crippen LogP contribution in [-0.4, -0.2) is 63.7 Å². The number of hydrogen-bond acceptors (Lipinski definition) is 7. The fourth-order valence-corrected chi connectivity index (χ4v) is 8.28. The monoisotopic (exact) mass is 526 g/mol. The number of aryl methyl sites for hydroxylation is 2. The highest BCUT2D eigenvalue weighted by molar-refractivity contribution is 6.71. The predicted molar refractivity (Wildman–Crippen MR) is 144 cm³/mol. The summed E-state index contributed by atoms with van der Waals surface area (Å²) in [5.74, 6) is 0.547. The van der Waals surface area contributed by atoms with Crippen molar-refractivity contribution in [1.29, 1.82) is 0 Å². The minimum Gasteiger partial charge on any atom is -0.491 e. The van der Waals surface area contributed by atoms with E-state index in [1.165, 1.54) is 7.11 Å². The molecule has 0 unspecified atom stereocenters. The van der Waals surface area contributed by atoms with E-state index in [1.54, 1.807) is 27.6 Å². The van der Waals surface area contributed by atoms with E-state index >= 15 is 0 Å². The molecule has 1 aromatic carbocycles. The number of rotatable bonds is 11. The van der Waals surface area contributed by atoms with Crippen LogP contribution in [-0.2, 0) is 24.1 Å². The Labute approximate surface area is 218 Å². The molecule has 2 N–H and O–H groups in total. The van der Waals surface area contributed by atoms with Crippen LogP contribution in [0.1, 0.15) is 31.0 Å². The van der Waals surface area contributed by atoms with Crippen LogP contribution in [0.25, 0.3) is 5.69 Å². The molecule has 0 spiro atoms. The molecule has 0 bridgehead atoms. The minimum absolute atomic E-state index is 0.0396. The quantitative estimate of drug-likeness (QED) is 0.370. The molecule has 3 heterocycles. The van der Waals surface area contributed by atoms with Crippen LogP contribution >= 0.6 is 0 Å². The van der Waals surface area contributed by atoms with Crippen molar-refractivity contribution in [3.63, 3.8) is 0 Å². The van der Waals surface area contributed by atoms with Crippen molar-refractivity contribution in [3.8, 4) is 11.4 Å². The third kappa shape index (κ3) is 6.38. The van der Waals surface area contributed by atoms with E-state index in [0.717, 1.165) is 36.2 Å². The van der Waals surface area contributed by atoms with Crippen LogP contribution in [0.15, 0.2) is 53.6 Å². The van der Waals surface area contributed by atoms with Gasteiger partial charge in [0.05, 0.1) is 25.0 Å². The maximum absolute atomic E-state index is 12.7. The van der Waals surface area contributed by atoms with Gasteiger partial charge in [-0.15, -0.1) is 5.10 Å². The molecule has 0 amide bonds. The predicted octanol–water partition coefficient (Wildman–Crippen LogP) is 2.97. The Morgan fingerprint density at radius 1 is 1.14 bits per heavy atom. The second-order valence-electron chi connectivity index (χ2n) is 10.4. The lowest BCUT2D eigenvalue weighted by Gasteiger charge is -2.30. The van der Waals surface area contributed by atoms with E-state index in [-0.39, 0.29) is 35.8 Å². The Bertz CT molecular complexity index is 1240. The molecule has 1 aliphatic rings. The van der Waals surface area contributed by atoms with Gasteiger partial charge in [-0.1, -0.05) is 24.3 Å². The third-order valence-corrected chi connectivity index (χ3v) is 9.88. The van der Waals surface area contributed by atoms with Gasteiger partial charge in [0, 0.05) is 43.2 Å². The first-order valence-electron chi connectivity index (χ1n) is 12.9. The SMILES string of the molecule is COc1cccn(-c2cccc(CC[C@H]3O[C@@H](CCn4cc(CCO)nn4)[C@H]([Si](C)(C)O)[C@H]3C)c2)c1=O. The van der Waals surface area contributed by atoms with Gasteiger partial charge in [-0.3, -0.25) is 14.0 Å². The summed E-state index contributed by atoms with van der Waals surface area (Å²) in [6.45, 7) is 6.89. The zero-order valence-electron chi connectivity index (χ0n) is 22.1. The molecule has 4 atom stereocenters. The Morgan fingerprint density at radius 3 is 2.68 bits per heavy atom. The van der Waals surface area contributed by atoms with Crippen LogP contribution in [0.5, 0.6) is 5.75 Å². The first-order chi connectivity index (χ1) is 17.7. The average Bonchev–Trinajstić information content (AvgIpc) is 3.45. The largest absolute Gasteiger partial charge is 0.491 e. The Hall–Kier alpha value is -2.79. The van der Waals surface area contributed by atoms with Crippen LogP contribution in [0.4, 0.5) is 0 Å². The summed E-state index contributed by atoms with van der Waals surface area (Å²) < 4.78 is 15.2. The van der Waals surface area contributed by atoms with E-state index in [9.17, 15) is 9.59 Å². The highest BCUT2D eigenvalue weighted by atomic mass is 28.4. The maximum Gasteiger partial charge on any atom is 0.297 e. The summed E-state index contributed by atoms with van der Waals surface area (Å²) in [7, 11) is -0.970. The van der Waals surface area contributed by atoms with E-state index in [0.29, 0.717) is 18.7 Å². The summed E-state index contributed by atoms with van der Waals surface area (Å²) in [6, 6.07) is 11.5. The number of pyridine rings is 1. The highest BCUT2D eigenvalue weighted by Gasteiger charge is 2.49. The topological polar surface area (TPSA) is 112 Å². The summed E-state index contributed by atoms with van der Waals surface area (Å²) in [5.41, 5.74) is 2.64. The smallest absolute Gasteiger partial charge is 0.297 e. The second-order valence-corrected chi connectivity index (χ2v) is 14.4. The number of ether oxygens (including phenoxy) is 2. The molecule has 2 aromatic heterocycles. The van der Waals surface area contributed by atoms with E-state index < -0.39 is 8.32 Å². The first-order valence-corrected chi connectivity index (χ1v) is 16.0. The van der Waals surface area contributed by atoms with Gasteiger partial charge in [0.2, 0.25) is 0 Å². The Balaban J connectivity index is 1.43. The van der Waals surface area contributed by atoms with Crippen molar-refractivity contribution >= 4 is 8.32 Å². The van der Waals surface area contributed by atoms with Gasteiger partial charge in [-0.2, -0.15) is 0 Å². The zero-order chi connectivity index (χ0) is 26.6. The van der Waals surface area contributed by atoms with Gasteiger partial charge in [-0.25, -0.2) is 0 Å². The van der Waals surface area contributed by atoms with Crippen molar-refractivity contribution in [2.45, 2.75) is 70.0 Å². The van der Waals surface area contributed by atoms with E-state index in [4.69, 9.17) is 14.6 Å². The molecule has 200 valence electrons. The lowest BCUT2D eigenvalue weighted by Crippen LogP contribution is -2.40. The standard InChI is InChI=1S/C27H38N4O5Si/c1-19-23(11-10-20-7-5-8-22(17-20)31-14-6-9-25(35-2)27(31)33)36-24(26(19)37(3,4)34)12-15-30-18-21(13-16-32)28-29-30/h5-9,14,17-19,23-24,26,32,34H,10-13,15-16H2,1-4H3/t19-,23+,24-,26+/m0/s1. The van der Waals surface area contributed by atoms with Crippen LogP contribution in [0.2, 0.25) is 18.6 Å². The number of aliphatic hydroxyl groups is 1. The molecule has 4 rings (SSSR count). The van der Waals surface area contributed by atoms with Crippen molar-refractivity contribution in [1.82, 2.24) is 19.6 Å². The molecule has 0 saturated carbocycles. The molecule has 3 aromatic rings. The fourth-order valence-electron chi connectivity index (χ4n) is 5.62. The molecular formula is C27H38N4O5Si. The molecule has 1 saturated heterocycles. The normalized spacial score (nSPS) is 21.9. The molecule has 1 aliphatic heterocycles. The molecule has 0 aliphatic carbocycles. The van der Waals surface area contributed by atoms with Crippen LogP contribution < -0.4 is 10.3 Å². The lowest BCUT2D eigenvalue weighted by molar-refractivity contribution is 0.0245. The fraction of sp³-hybridized carbons (Fsp3) is 0.519. The summed E-state index contributed by atoms with van der Waals surface area (Å²) in [4.78, 5) is 23.8. The van der Waals surface area contributed by atoms with Crippen LogP contribution in [0.3, 0.4) is 0 Å². The Morgan fingerprint density at radius 2 is 1.95 bits per heavy atom. The van der Waals surface area contributed by atoms with Gasteiger partial charge < -0.3 is 19.4 Å². The average molecular weight is 527 g/mol. The first kappa shape index (κ1) is 27.2. The summed E-state index contributed by atoms with van der Waals surface area (Å²) in [5, 5.41) is 17.4. The molecule has 10 heteroatoms. The van der Waals surface area contributed by atoms with E-state index in [2.05, 4.69) is 23.3 Å². The van der Waals surface area contributed by atoms with Gasteiger partial charge in [0.15, 0.2) is 14.1 Å². The number of nitrogens with zero attached hydrogens (tertiary/aromatic N) is 4. The van der Waals surface area contributed by atoms with Gasteiger partial charge >= 0.3 is 0 Å². The Kier molecular flexibility index (Phi) is 8.63. The zero-order valence-corrected chi connectivity index (χ0v) is 23.1. The molecular weight excluding hydrogens is 488 g/mol. The second kappa shape index (κ2) is 11.7. The molecule has 0 radical (unpaired) electrons. The maximum atomic E-state index is 12.7. The van der Waals surface area contributed by atoms with Gasteiger partial charge in [0.25, 0.3) is 5.56 Å². The van der Waals surface area contributed by atoms with Crippen molar-refractivity contribution < 1.29 is 19.4 Å². The number of methoxy groups -OCH3 is 1. The molecule has 9 nitrogen and oxygen atoms in total. The summed E-state index contributed by atoms with van der Waals surface area (Å²) >= 11 is 0. The van der Waals surface area contributed by atoms with Gasteiger partial charge in [-0.05, 0) is 68.1 Å². The number of benzene rings is 1. The molecule has 37 heavy (non-hydrogen) atoms. The number of aliphatic hydroxyl groups excluding tert-OH is 1. The van der Waals surface area contributed by atoms with Crippen molar-refractivity contribution in [2.75, 3.05) is 13.7 Å². The van der Waals surface area contributed by atoms with Crippen LogP contribution in [0, 0.1) is 5.92 Å². The summed E-state index contributed by atoms with van der Waals surface area (Å²) in [6.07, 6.45) is 6.49. The van der Waals surface area contributed by atoms with Gasteiger partial charge in [0.1, 0.15) is 0 Å². The minimum atomic E-state index is -2.47. The van der Waals surface area contributed by atoms with Crippen molar-refractivity contribution in [3.05, 3.63) is 70.4 Å². The molecule has 1 fully saturated rings. The lowest BCUT2D eigenvalue weighted by atomic mass is 9.95. The number of aromatic nitrogens is 4. The number of hydrogen-bond donors (Lipinski definition) is 2. The van der Waals surface area contributed by atoms with Crippen molar-refractivity contribution in [2.24, 2.45) is 5.92 Å². The third-order valence-electron chi connectivity index (χ3n) is 7.35. The highest BCUT2D eigenvalue weighted by Crippen LogP contribution is 2.45.